The molecule has 23 heavy (non-hydrogen) atoms. The van der Waals surface area contributed by atoms with Gasteiger partial charge in [0.25, 0.3) is 0 Å². The number of nitrogens with zero attached hydrogens (tertiary/aromatic N) is 2. The number of nitrogens with one attached hydrogen (secondary N) is 2. The Morgan fingerprint density at radius 1 is 1.17 bits per heavy atom. The molecule has 0 saturated carbocycles. The van der Waals surface area contributed by atoms with Crippen molar-refractivity contribution < 1.29 is 4.79 Å². The number of carbonyl (C=O) groups is 1. The fourth-order valence-electron chi connectivity index (χ4n) is 1.96. The second kappa shape index (κ2) is 6.35. The van der Waals surface area contributed by atoms with Crippen molar-refractivity contribution >= 4 is 50.2 Å². The Bertz CT molecular complexity index is 838. The lowest BCUT2D eigenvalue weighted by molar-refractivity contribution is -0.114. The number of nitrogen functional groups attached to an aromatic ring is 1. The summed E-state index contributed by atoms with van der Waals surface area (Å²) in [6, 6.07) is 7.49. The number of aryl methyl sites for hydroxylation is 1. The van der Waals surface area contributed by atoms with Crippen LogP contribution in [0.4, 0.5) is 21.6 Å². The van der Waals surface area contributed by atoms with E-state index in [0.29, 0.717) is 5.13 Å². The summed E-state index contributed by atoms with van der Waals surface area (Å²) in [5, 5.41) is 9.30. The molecule has 0 aliphatic heterocycles. The molecule has 0 unspecified atom stereocenters. The van der Waals surface area contributed by atoms with E-state index in [1.54, 1.807) is 0 Å². The molecule has 4 N–H and O–H groups in total. The number of hydrogen-bond donors (Lipinski definition) is 3. The first-order valence-corrected chi connectivity index (χ1v) is 8.54. The number of thiazole rings is 2. The smallest absolute Gasteiger partial charge is 0.223 e. The Labute approximate surface area is 141 Å². The number of benzene rings is 1. The first kappa shape index (κ1) is 15.4. The second-order valence-electron chi connectivity index (χ2n) is 4.90. The molecule has 0 fully saturated rings. The van der Waals surface area contributed by atoms with Crippen LogP contribution in [0.5, 0.6) is 0 Å². The lowest BCUT2D eigenvalue weighted by Crippen LogP contribution is -2.04. The Kier molecular flexibility index (Phi) is 4.26. The van der Waals surface area contributed by atoms with Crippen molar-refractivity contribution in [2.24, 2.45) is 0 Å². The number of hydrogen-bond acceptors (Lipinski definition) is 7. The van der Waals surface area contributed by atoms with E-state index < -0.39 is 0 Å². The number of nitrogens with two attached hydrogens (primary N) is 1. The van der Waals surface area contributed by atoms with Gasteiger partial charge in [-0.2, -0.15) is 0 Å². The highest BCUT2D eigenvalue weighted by molar-refractivity contribution is 7.20. The van der Waals surface area contributed by atoms with Gasteiger partial charge in [-0.15, -0.1) is 11.3 Å². The predicted octanol–water partition coefficient (Wildman–Crippen LogP) is 3.86. The van der Waals surface area contributed by atoms with Gasteiger partial charge in [0.1, 0.15) is 0 Å². The summed E-state index contributed by atoms with van der Waals surface area (Å²) in [7, 11) is 0. The average molecular weight is 345 g/mol. The maximum absolute atomic E-state index is 11.1. The quantitative estimate of drug-likeness (QED) is 0.624. The molecule has 0 atom stereocenters. The zero-order valence-electron chi connectivity index (χ0n) is 12.6. The van der Waals surface area contributed by atoms with E-state index in [2.05, 4.69) is 20.6 Å². The lowest BCUT2D eigenvalue weighted by Gasteiger charge is -2.02. The van der Waals surface area contributed by atoms with Crippen molar-refractivity contribution in [1.29, 1.82) is 0 Å². The summed E-state index contributed by atoms with van der Waals surface area (Å²) in [4.78, 5) is 21.0. The van der Waals surface area contributed by atoms with Crippen LogP contribution in [-0.4, -0.2) is 15.9 Å². The maximum atomic E-state index is 11.1. The van der Waals surface area contributed by atoms with Crippen molar-refractivity contribution in [1.82, 2.24) is 9.97 Å². The fraction of sp³-hybridized carbons (Fsp3) is 0.133. The molecule has 0 radical (unpaired) electrons. The van der Waals surface area contributed by atoms with E-state index in [-0.39, 0.29) is 5.91 Å². The molecule has 8 heteroatoms. The van der Waals surface area contributed by atoms with Crippen molar-refractivity contribution in [3.63, 3.8) is 0 Å². The molecule has 1 amide bonds. The van der Waals surface area contributed by atoms with Crippen LogP contribution in [0.2, 0.25) is 0 Å². The lowest BCUT2D eigenvalue weighted by atomic mass is 10.3. The molecule has 0 bridgehead atoms. The van der Waals surface area contributed by atoms with E-state index in [9.17, 15) is 4.79 Å². The summed E-state index contributed by atoms with van der Waals surface area (Å²) in [5.74, 6) is -0.130. The molecular weight excluding hydrogens is 330 g/mol. The van der Waals surface area contributed by atoms with E-state index in [1.807, 2.05) is 36.6 Å². The molecule has 0 aliphatic rings. The predicted molar refractivity (Wildman–Crippen MR) is 96.4 cm³/mol. The van der Waals surface area contributed by atoms with E-state index >= 15 is 0 Å². The minimum atomic E-state index is -0.130. The van der Waals surface area contributed by atoms with Crippen molar-refractivity contribution in [3.8, 4) is 10.6 Å². The van der Waals surface area contributed by atoms with Crippen LogP contribution in [0.1, 0.15) is 12.6 Å². The SMILES string of the molecule is CC(=O)Nc1nc(C)c(-c2csc(Nc3ccc(N)cc3)n2)s1. The number of amides is 1. The molecule has 6 nitrogen and oxygen atoms in total. The molecule has 3 rings (SSSR count). The molecule has 1 aromatic carbocycles. The van der Waals surface area contributed by atoms with Gasteiger partial charge in [0.2, 0.25) is 5.91 Å². The highest BCUT2D eigenvalue weighted by atomic mass is 32.1. The Balaban J connectivity index is 1.80. The number of aromatic nitrogens is 2. The summed E-state index contributed by atoms with van der Waals surface area (Å²) in [6.45, 7) is 3.37. The second-order valence-corrected chi connectivity index (χ2v) is 6.76. The summed E-state index contributed by atoms with van der Waals surface area (Å²) >= 11 is 2.93. The third-order valence-corrected chi connectivity index (χ3v) is 4.83. The fourth-order valence-corrected chi connectivity index (χ4v) is 3.73. The van der Waals surface area contributed by atoms with Gasteiger partial charge in [0.15, 0.2) is 10.3 Å². The van der Waals surface area contributed by atoms with E-state index in [0.717, 1.165) is 32.8 Å². The monoisotopic (exact) mass is 345 g/mol. The van der Waals surface area contributed by atoms with Gasteiger partial charge in [-0.25, -0.2) is 9.97 Å². The average Bonchev–Trinajstić information content (AvgIpc) is 3.07. The van der Waals surface area contributed by atoms with Crippen LogP contribution in [-0.2, 0) is 4.79 Å². The molecule has 2 aromatic heterocycles. The van der Waals surface area contributed by atoms with Gasteiger partial charge < -0.3 is 16.4 Å². The topological polar surface area (TPSA) is 92.9 Å². The van der Waals surface area contributed by atoms with Gasteiger partial charge in [-0.05, 0) is 31.2 Å². The molecule has 3 aromatic rings. The van der Waals surface area contributed by atoms with Crippen LogP contribution in [0.25, 0.3) is 10.6 Å². The molecule has 2 heterocycles. The molecule has 0 spiro atoms. The van der Waals surface area contributed by atoms with Crippen LogP contribution in [0.15, 0.2) is 29.6 Å². The van der Waals surface area contributed by atoms with Crippen LogP contribution < -0.4 is 16.4 Å². The number of carbonyl (C=O) groups excluding carboxylic acids is 1. The zero-order valence-corrected chi connectivity index (χ0v) is 14.2. The van der Waals surface area contributed by atoms with Crippen molar-refractivity contribution in [2.75, 3.05) is 16.4 Å². The van der Waals surface area contributed by atoms with Crippen LogP contribution >= 0.6 is 22.7 Å². The molecule has 0 aliphatic carbocycles. The highest BCUT2D eigenvalue weighted by Crippen LogP contribution is 2.35. The zero-order chi connectivity index (χ0) is 16.4. The Morgan fingerprint density at radius 3 is 2.61 bits per heavy atom. The van der Waals surface area contributed by atoms with Gasteiger partial charge >= 0.3 is 0 Å². The minimum absolute atomic E-state index is 0.130. The highest BCUT2D eigenvalue weighted by Gasteiger charge is 2.13. The third-order valence-electron chi connectivity index (χ3n) is 2.98. The molecule has 118 valence electrons. The largest absolute Gasteiger partial charge is 0.399 e. The summed E-state index contributed by atoms with van der Waals surface area (Å²) in [6.07, 6.45) is 0. The van der Waals surface area contributed by atoms with Gasteiger partial charge in [-0.1, -0.05) is 11.3 Å². The van der Waals surface area contributed by atoms with Gasteiger partial charge in [-0.3, -0.25) is 4.79 Å². The summed E-state index contributed by atoms with van der Waals surface area (Å²) < 4.78 is 0. The Hall–Kier alpha value is -2.45. The van der Waals surface area contributed by atoms with E-state index in [1.165, 1.54) is 29.6 Å². The number of rotatable bonds is 4. The third kappa shape index (κ3) is 3.66. The first-order chi connectivity index (χ1) is 11.0. The van der Waals surface area contributed by atoms with E-state index in [4.69, 9.17) is 5.73 Å². The van der Waals surface area contributed by atoms with Crippen molar-refractivity contribution in [2.45, 2.75) is 13.8 Å². The van der Waals surface area contributed by atoms with Gasteiger partial charge in [0, 0.05) is 23.7 Å². The van der Waals surface area contributed by atoms with Crippen LogP contribution in [0.3, 0.4) is 0 Å². The standard InChI is InChI=1S/C15H15N5OS2/c1-8-13(23-15(17-8)18-9(2)21)12-7-22-14(20-12)19-11-5-3-10(16)4-6-11/h3-7H,16H2,1-2H3,(H,19,20)(H,17,18,21). The van der Waals surface area contributed by atoms with Gasteiger partial charge in [0.05, 0.1) is 16.3 Å². The van der Waals surface area contributed by atoms with Crippen molar-refractivity contribution in [3.05, 3.63) is 35.3 Å². The minimum Gasteiger partial charge on any atom is -0.399 e. The Morgan fingerprint density at radius 2 is 1.91 bits per heavy atom. The number of anilines is 4. The van der Waals surface area contributed by atoms with Crippen LogP contribution in [0, 0.1) is 6.92 Å². The summed E-state index contributed by atoms with van der Waals surface area (Å²) in [5.41, 5.74) is 9.03. The maximum Gasteiger partial charge on any atom is 0.223 e. The normalized spacial score (nSPS) is 10.5. The molecule has 0 saturated heterocycles. The first-order valence-electron chi connectivity index (χ1n) is 6.85. The molecular formula is C15H15N5OS2.